The second-order valence-corrected chi connectivity index (χ2v) is 6.86. The molecule has 1 aliphatic carbocycles. The maximum absolute atomic E-state index is 13.2. The highest BCUT2D eigenvalue weighted by molar-refractivity contribution is 5.79. The minimum Gasteiger partial charge on any atom is -0.508 e. The van der Waals surface area contributed by atoms with E-state index in [-0.39, 0.29) is 35.2 Å². The molecule has 1 aromatic carbocycles. The van der Waals surface area contributed by atoms with E-state index >= 15 is 0 Å². The van der Waals surface area contributed by atoms with Crippen LogP contribution in [0.3, 0.4) is 0 Å². The number of fused-ring (bicyclic) bond motifs is 1. The quantitative estimate of drug-likeness (QED) is 0.862. The van der Waals surface area contributed by atoms with Crippen LogP contribution in [0, 0.1) is 5.92 Å². The van der Waals surface area contributed by atoms with Crippen LogP contribution in [0.1, 0.15) is 57.8 Å². The first-order valence-electron chi connectivity index (χ1n) is 8.85. The molecule has 0 saturated heterocycles. The van der Waals surface area contributed by atoms with Crippen molar-refractivity contribution in [1.82, 2.24) is 9.55 Å². The summed E-state index contributed by atoms with van der Waals surface area (Å²) in [5.41, 5.74) is 0.325. The Morgan fingerprint density at radius 3 is 2.84 bits per heavy atom. The molecule has 3 rings (SSSR count). The molecular formula is C19H24N2O4. The number of rotatable bonds is 4. The molecule has 6 nitrogen and oxygen atoms in total. The second kappa shape index (κ2) is 6.86. The van der Waals surface area contributed by atoms with E-state index in [1.54, 1.807) is 17.6 Å². The van der Waals surface area contributed by atoms with Crippen LogP contribution in [0.4, 0.5) is 0 Å². The summed E-state index contributed by atoms with van der Waals surface area (Å²) in [5, 5.41) is 10.2. The second-order valence-electron chi connectivity index (χ2n) is 6.86. The Bertz CT molecular complexity index is 856. The number of aromatic hydroxyl groups is 1. The van der Waals surface area contributed by atoms with E-state index in [0.29, 0.717) is 23.3 Å². The van der Waals surface area contributed by atoms with E-state index < -0.39 is 0 Å². The molecule has 1 saturated carbocycles. The first-order valence-corrected chi connectivity index (χ1v) is 8.85. The largest absolute Gasteiger partial charge is 0.508 e. The van der Waals surface area contributed by atoms with Gasteiger partial charge in [0.1, 0.15) is 11.6 Å². The lowest BCUT2D eigenvalue weighted by molar-refractivity contribution is -0.149. The Balaban J connectivity index is 2.18. The number of hydrogen-bond donors (Lipinski definition) is 1. The number of carbonyl (C=O) groups excluding carboxylic acids is 1. The Labute approximate surface area is 146 Å². The summed E-state index contributed by atoms with van der Waals surface area (Å²) in [6.45, 7) is 6.07. The summed E-state index contributed by atoms with van der Waals surface area (Å²) < 4.78 is 6.91. The molecule has 25 heavy (non-hydrogen) atoms. The molecule has 1 fully saturated rings. The molecule has 0 amide bonds. The number of carbonyl (C=O) groups is 1. The van der Waals surface area contributed by atoms with Crippen LogP contribution < -0.4 is 5.56 Å². The predicted molar refractivity (Wildman–Crippen MR) is 94.8 cm³/mol. The van der Waals surface area contributed by atoms with E-state index in [0.717, 1.165) is 19.3 Å². The van der Waals surface area contributed by atoms with Crippen LogP contribution in [-0.4, -0.2) is 27.2 Å². The van der Waals surface area contributed by atoms with Crippen LogP contribution in [0.25, 0.3) is 10.9 Å². The van der Waals surface area contributed by atoms with Gasteiger partial charge >= 0.3 is 5.97 Å². The van der Waals surface area contributed by atoms with Gasteiger partial charge in [0.2, 0.25) is 0 Å². The number of nitrogens with zero attached hydrogens (tertiary/aromatic N) is 2. The van der Waals surface area contributed by atoms with Gasteiger partial charge in [-0.2, -0.15) is 0 Å². The van der Waals surface area contributed by atoms with Gasteiger partial charge in [-0.15, -0.1) is 0 Å². The molecule has 1 heterocycles. The third-order valence-electron chi connectivity index (χ3n) is 4.83. The van der Waals surface area contributed by atoms with E-state index in [1.165, 1.54) is 12.1 Å². The number of esters is 1. The van der Waals surface area contributed by atoms with Crippen molar-refractivity contribution in [3.8, 4) is 5.75 Å². The van der Waals surface area contributed by atoms with Crippen molar-refractivity contribution in [2.75, 3.05) is 6.61 Å². The molecule has 6 heteroatoms. The van der Waals surface area contributed by atoms with Gasteiger partial charge in [-0.3, -0.25) is 14.2 Å². The highest BCUT2D eigenvalue weighted by atomic mass is 16.5. The molecule has 0 bridgehead atoms. The van der Waals surface area contributed by atoms with Crippen molar-refractivity contribution in [3.63, 3.8) is 0 Å². The molecule has 0 aliphatic heterocycles. The fourth-order valence-corrected chi connectivity index (χ4v) is 3.71. The highest BCUT2D eigenvalue weighted by Gasteiger charge is 2.37. The van der Waals surface area contributed by atoms with Crippen LogP contribution >= 0.6 is 0 Å². The first-order chi connectivity index (χ1) is 11.9. The molecule has 2 aromatic rings. The van der Waals surface area contributed by atoms with Gasteiger partial charge in [-0.25, -0.2) is 4.98 Å². The fraction of sp³-hybridized carbons (Fsp3) is 0.526. The average Bonchev–Trinajstić information content (AvgIpc) is 3.03. The van der Waals surface area contributed by atoms with Gasteiger partial charge in [-0.05, 0) is 31.9 Å². The minimum absolute atomic E-state index is 0.0166. The smallest absolute Gasteiger partial charge is 0.311 e. The lowest BCUT2D eigenvalue weighted by Gasteiger charge is -2.25. The van der Waals surface area contributed by atoms with Crippen LogP contribution in [0.15, 0.2) is 23.0 Å². The summed E-state index contributed by atoms with van der Waals surface area (Å²) in [7, 11) is 0. The summed E-state index contributed by atoms with van der Waals surface area (Å²) in [6, 6.07) is 4.36. The predicted octanol–water partition coefficient (Wildman–Crippen LogP) is 3.13. The van der Waals surface area contributed by atoms with Crippen molar-refractivity contribution in [2.45, 2.75) is 52.0 Å². The molecule has 2 unspecified atom stereocenters. The number of ether oxygens (including phenoxy) is 1. The van der Waals surface area contributed by atoms with Crippen molar-refractivity contribution < 1.29 is 14.6 Å². The average molecular weight is 344 g/mol. The van der Waals surface area contributed by atoms with Crippen molar-refractivity contribution in [1.29, 1.82) is 0 Å². The zero-order valence-corrected chi connectivity index (χ0v) is 14.9. The van der Waals surface area contributed by atoms with Gasteiger partial charge < -0.3 is 9.84 Å². The number of phenols is 1. The number of aromatic nitrogens is 2. The maximum atomic E-state index is 13.2. The Morgan fingerprint density at radius 1 is 1.40 bits per heavy atom. The zero-order chi connectivity index (χ0) is 18.1. The standard InChI is InChI=1S/C19H24N2O4/c1-4-25-19(24)14-6-5-7-16(14)21-17(11(2)3)20-15-10-12(22)8-9-13(15)18(21)23/h8-11,14,16,22H,4-7H2,1-3H3. The third-order valence-corrected chi connectivity index (χ3v) is 4.83. The van der Waals surface area contributed by atoms with Crippen LogP contribution in [0.5, 0.6) is 5.75 Å². The molecule has 1 aromatic heterocycles. The van der Waals surface area contributed by atoms with Crippen molar-refractivity contribution >= 4 is 16.9 Å². The van der Waals surface area contributed by atoms with Crippen LogP contribution in [-0.2, 0) is 9.53 Å². The van der Waals surface area contributed by atoms with Gasteiger partial charge in [0.15, 0.2) is 0 Å². The molecule has 1 N–H and O–H groups in total. The lowest BCUT2D eigenvalue weighted by Crippen LogP contribution is -2.34. The van der Waals surface area contributed by atoms with E-state index in [9.17, 15) is 14.7 Å². The monoisotopic (exact) mass is 344 g/mol. The van der Waals surface area contributed by atoms with Gasteiger partial charge in [0.25, 0.3) is 5.56 Å². The molecule has 0 radical (unpaired) electrons. The minimum atomic E-state index is -0.313. The number of phenolic OH excluding ortho intramolecular Hbond substituents is 1. The zero-order valence-electron chi connectivity index (χ0n) is 14.9. The fourth-order valence-electron chi connectivity index (χ4n) is 3.71. The van der Waals surface area contributed by atoms with Crippen molar-refractivity contribution in [2.24, 2.45) is 5.92 Å². The van der Waals surface area contributed by atoms with E-state index in [1.807, 2.05) is 13.8 Å². The SMILES string of the molecule is CCOC(=O)C1CCCC1n1c(C(C)C)nc2cc(O)ccc2c1=O. The highest BCUT2D eigenvalue weighted by Crippen LogP contribution is 2.37. The maximum Gasteiger partial charge on any atom is 0.311 e. The lowest BCUT2D eigenvalue weighted by atomic mass is 10.0. The summed E-state index contributed by atoms with van der Waals surface area (Å²) in [4.78, 5) is 30.1. The topological polar surface area (TPSA) is 81.4 Å². The summed E-state index contributed by atoms with van der Waals surface area (Å²) >= 11 is 0. The Hall–Kier alpha value is -2.37. The molecule has 2 atom stereocenters. The molecule has 134 valence electrons. The number of hydrogen-bond acceptors (Lipinski definition) is 5. The molecular weight excluding hydrogens is 320 g/mol. The first kappa shape index (κ1) is 17.5. The number of benzene rings is 1. The summed E-state index contributed by atoms with van der Waals surface area (Å²) in [6.07, 6.45) is 2.36. The van der Waals surface area contributed by atoms with Gasteiger partial charge in [0.05, 0.1) is 29.5 Å². The Morgan fingerprint density at radius 2 is 2.16 bits per heavy atom. The van der Waals surface area contributed by atoms with Gasteiger partial charge in [-0.1, -0.05) is 20.3 Å². The normalized spacial score (nSPS) is 20.3. The van der Waals surface area contributed by atoms with Gasteiger partial charge in [0, 0.05) is 12.0 Å². The van der Waals surface area contributed by atoms with Crippen LogP contribution in [0.2, 0.25) is 0 Å². The third kappa shape index (κ3) is 3.13. The summed E-state index contributed by atoms with van der Waals surface area (Å²) in [5.74, 6) is 0.188. The molecule has 0 spiro atoms. The Kier molecular flexibility index (Phi) is 4.79. The van der Waals surface area contributed by atoms with Crippen molar-refractivity contribution in [3.05, 3.63) is 34.4 Å². The molecule has 1 aliphatic rings. The van der Waals surface area contributed by atoms with E-state index in [2.05, 4.69) is 4.98 Å². The van der Waals surface area contributed by atoms with E-state index in [4.69, 9.17) is 4.74 Å².